The molecular formula is C15H16N4OS. The lowest BCUT2D eigenvalue weighted by Gasteiger charge is -2.00. The van der Waals surface area contributed by atoms with E-state index in [0.717, 1.165) is 22.8 Å². The Kier molecular flexibility index (Phi) is 3.96. The average molecular weight is 300 g/mol. The van der Waals surface area contributed by atoms with Crippen LogP contribution in [0.4, 0.5) is 0 Å². The number of aromatic nitrogens is 3. The van der Waals surface area contributed by atoms with Gasteiger partial charge in [-0.25, -0.2) is 9.97 Å². The van der Waals surface area contributed by atoms with E-state index < -0.39 is 0 Å². The van der Waals surface area contributed by atoms with E-state index in [1.807, 2.05) is 41.9 Å². The third-order valence-electron chi connectivity index (χ3n) is 3.16. The summed E-state index contributed by atoms with van der Waals surface area (Å²) in [6, 6.07) is 5.89. The van der Waals surface area contributed by atoms with Crippen LogP contribution in [0.15, 0.2) is 36.8 Å². The van der Waals surface area contributed by atoms with E-state index in [1.165, 1.54) is 11.3 Å². The van der Waals surface area contributed by atoms with Crippen molar-refractivity contribution in [3.8, 4) is 0 Å². The lowest BCUT2D eigenvalue weighted by atomic mass is 10.3. The molecule has 3 aromatic heterocycles. The van der Waals surface area contributed by atoms with Crippen LogP contribution in [0, 0.1) is 0 Å². The zero-order valence-corrected chi connectivity index (χ0v) is 12.6. The summed E-state index contributed by atoms with van der Waals surface area (Å²) in [5.74, 6) is -0.0593. The number of nitrogens with one attached hydrogen (secondary N) is 1. The van der Waals surface area contributed by atoms with Crippen LogP contribution < -0.4 is 5.32 Å². The normalized spacial score (nSPS) is 10.9. The third kappa shape index (κ3) is 3.11. The van der Waals surface area contributed by atoms with Crippen molar-refractivity contribution < 1.29 is 4.79 Å². The van der Waals surface area contributed by atoms with E-state index in [0.29, 0.717) is 17.8 Å². The van der Waals surface area contributed by atoms with Crippen LogP contribution in [-0.2, 0) is 12.8 Å². The zero-order valence-electron chi connectivity index (χ0n) is 11.7. The van der Waals surface area contributed by atoms with Crippen LogP contribution in [-0.4, -0.2) is 26.8 Å². The fourth-order valence-corrected chi connectivity index (χ4v) is 2.85. The first-order valence-corrected chi connectivity index (χ1v) is 7.73. The van der Waals surface area contributed by atoms with E-state index in [4.69, 9.17) is 0 Å². The van der Waals surface area contributed by atoms with Gasteiger partial charge in [-0.2, -0.15) is 0 Å². The molecule has 21 heavy (non-hydrogen) atoms. The summed E-state index contributed by atoms with van der Waals surface area (Å²) in [6.07, 6.45) is 7.17. The molecule has 0 aliphatic carbocycles. The molecule has 0 saturated carbocycles. The van der Waals surface area contributed by atoms with Crippen molar-refractivity contribution >= 4 is 22.9 Å². The van der Waals surface area contributed by atoms with Gasteiger partial charge in [-0.15, -0.1) is 11.3 Å². The van der Waals surface area contributed by atoms with Crippen LogP contribution in [0.1, 0.15) is 27.3 Å². The number of nitrogens with zero attached hydrogens (tertiary/aromatic N) is 3. The molecule has 0 bridgehead atoms. The van der Waals surface area contributed by atoms with Gasteiger partial charge in [0.15, 0.2) is 0 Å². The first-order valence-electron chi connectivity index (χ1n) is 6.92. The van der Waals surface area contributed by atoms with Crippen molar-refractivity contribution in [1.29, 1.82) is 0 Å². The maximum absolute atomic E-state index is 12.0. The highest BCUT2D eigenvalue weighted by Gasteiger charge is 2.09. The zero-order chi connectivity index (χ0) is 14.7. The van der Waals surface area contributed by atoms with Gasteiger partial charge in [0.1, 0.15) is 10.5 Å². The Bertz CT molecular complexity index is 729. The Morgan fingerprint density at radius 3 is 3.10 bits per heavy atom. The van der Waals surface area contributed by atoms with Gasteiger partial charge in [-0.05, 0) is 18.6 Å². The predicted molar refractivity (Wildman–Crippen MR) is 82.7 cm³/mol. The van der Waals surface area contributed by atoms with Crippen LogP contribution >= 0.6 is 11.3 Å². The second-order valence-corrected chi connectivity index (χ2v) is 5.79. The van der Waals surface area contributed by atoms with Crippen molar-refractivity contribution in [1.82, 2.24) is 19.7 Å². The van der Waals surface area contributed by atoms with Gasteiger partial charge in [0.05, 0.1) is 16.9 Å². The molecule has 0 fully saturated rings. The molecule has 3 rings (SSSR count). The van der Waals surface area contributed by atoms with Crippen LogP contribution in [0.2, 0.25) is 0 Å². The largest absolute Gasteiger partial charge is 0.351 e. The topological polar surface area (TPSA) is 59.3 Å². The van der Waals surface area contributed by atoms with Crippen molar-refractivity contribution in [3.63, 3.8) is 0 Å². The molecule has 0 aliphatic heterocycles. The fraction of sp³-hybridized carbons (Fsp3) is 0.267. The molecule has 3 heterocycles. The maximum Gasteiger partial charge on any atom is 0.263 e. The van der Waals surface area contributed by atoms with Crippen molar-refractivity contribution in [2.75, 3.05) is 6.54 Å². The number of hydrogen-bond donors (Lipinski definition) is 1. The van der Waals surface area contributed by atoms with Crippen molar-refractivity contribution in [2.45, 2.75) is 19.8 Å². The van der Waals surface area contributed by atoms with Gasteiger partial charge in [-0.1, -0.05) is 13.0 Å². The molecule has 6 heteroatoms. The second kappa shape index (κ2) is 6.05. The summed E-state index contributed by atoms with van der Waals surface area (Å²) < 4.78 is 1.98. The molecule has 0 radical (unpaired) electrons. The molecule has 108 valence electrons. The molecule has 1 N–H and O–H groups in total. The Balaban J connectivity index is 1.56. The molecule has 0 aliphatic rings. The molecule has 1 amide bonds. The minimum atomic E-state index is -0.0593. The number of thiazole rings is 1. The lowest BCUT2D eigenvalue weighted by Crippen LogP contribution is -2.24. The number of fused-ring (bicyclic) bond motifs is 1. The fourth-order valence-electron chi connectivity index (χ4n) is 2.08. The maximum atomic E-state index is 12.0. The first-order chi connectivity index (χ1) is 10.3. The Morgan fingerprint density at radius 1 is 1.43 bits per heavy atom. The average Bonchev–Trinajstić information content (AvgIpc) is 3.13. The lowest BCUT2D eigenvalue weighted by molar-refractivity contribution is 0.0958. The van der Waals surface area contributed by atoms with E-state index in [-0.39, 0.29) is 5.91 Å². The van der Waals surface area contributed by atoms with Gasteiger partial charge >= 0.3 is 0 Å². The number of carbonyl (C=O) groups is 1. The molecule has 0 aromatic carbocycles. The van der Waals surface area contributed by atoms with Gasteiger partial charge in [0.2, 0.25) is 0 Å². The standard InChI is InChI=1S/C15H16N4OS/c1-2-14-17-9-12(21-14)15(20)16-7-6-11-10-19-8-4-3-5-13(19)18-11/h3-5,8-10H,2,6-7H2,1H3,(H,16,20). The summed E-state index contributed by atoms with van der Waals surface area (Å²) >= 11 is 1.45. The number of amides is 1. The Hall–Kier alpha value is -2.21. The van der Waals surface area contributed by atoms with Gasteiger partial charge in [0.25, 0.3) is 5.91 Å². The van der Waals surface area contributed by atoms with Crippen LogP contribution in [0.25, 0.3) is 5.65 Å². The van der Waals surface area contributed by atoms with Crippen molar-refractivity contribution in [3.05, 3.63) is 52.4 Å². The Morgan fingerprint density at radius 2 is 2.33 bits per heavy atom. The highest BCUT2D eigenvalue weighted by Crippen LogP contribution is 2.13. The smallest absolute Gasteiger partial charge is 0.263 e. The predicted octanol–water partition coefficient (Wildman–Crippen LogP) is 2.33. The quantitative estimate of drug-likeness (QED) is 0.786. The number of pyridine rings is 1. The second-order valence-electron chi connectivity index (χ2n) is 4.68. The van der Waals surface area contributed by atoms with Crippen LogP contribution in [0.3, 0.4) is 0 Å². The monoisotopic (exact) mass is 300 g/mol. The summed E-state index contributed by atoms with van der Waals surface area (Å²) in [4.78, 5) is 21.3. The van der Waals surface area contributed by atoms with Gasteiger partial charge < -0.3 is 9.72 Å². The molecule has 5 nitrogen and oxygen atoms in total. The minimum Gasteiger partial charge on any atom is -0.351 e. The summed E-state index contributed by atoms with van der Waals surface area (Å²) in [5.41, 5.74) is 1.90. The molecule has 3 aromatic rings. The Labute approximate surface area is 126 Å². The molecule has 0 unspecified atom stereocenters. The molecule has 0 saturated heterocycles. The van der Waals surface area contributed by atoms with E-state index in [9.17, 15) is 4.79 Å². The number of aryl methyl sites for hydroxylation is 1. The highest BCUT2D eigenvalue weighted by molar-refractivity contribution is 7.13. The third-order valence-corrected chi connectivity index (χ3v) is 4.30. The highest BCUT2D eigenvalue weighted by atomic mass is 32.1. The number of hydrogen-bond acceptors (Lipinski definition) is 4. The molecule has 0 spiro atoms. The number of rotatable bonds is 5. The molecular weight excluding hydrogens is 284 g/mol. The number of carbonyl (C=O) groups excluding carboxylic acids is 1. The number of imidazole rings is 1. The van der Waals surface area contributed by atoms with E-state index >= 15 is 0 Å². The van der Waals surface area contributed by atoms with Crippen molar-refractivity contribution in [2.24, 2.45) is 0 Å². The van der Waals surface area contributed by atoms with E-state index in [1.54, 1.807) is 6.20 Å². The summed E-state index contributed by atoms with van der Waals surface area (Å²) in [7, 11) is 0. The summed E-state index contributed by atoms with van der Waals surface area (Å²) in [5, 5.41) is 3.90. The van der Waals surface area contributed by atoms with Gasteiger partial charge in [-0.3, -0.25) is 4.79 Å². The van der Waals surface area contributed by atoms with Crippen LogP contribution in [0.5, 0.6) is 0 Å². The first kappa shape index (κ1) is 13.8. The van der Waals surface area contributed by atoms with Gasteiger partial charge in [0, 0.05) is 25.4 Å². The van der Waals surface area contributed by atoms with E-state index in [2.05, 4.69) is 15.3 Å². The SMILES string of the molecule is CCc1ncc(C(=O)NCCc2cn3ccccc3n2)s1. The molecule has 0 atom stereocenters. The minimum absolute atomic E-state index is 0.0593. The summed E-state index contributed by atoms with van der Waals surface area (Å²) in [6.45, 7) is 2.60.